The molecule has 0 aliphatic carbocycles. The van der Waals surface area contributed by atoms with E-state index in [1.165, 1.54) is 19.3 Å². The first kappa shape index (κ1) is 29.8. The molecule has 3 rings (SSSR count). The van der Waals surface area contributed by atoms with Gasteiger partial charge in [0.15, 0.2) is 11.5 Å². The van der Waals surface area contributed by atoms with Crippen LogP contribution in [0.15, 0.2) is 60.2 Å². The number of ether oxygens (including phenoxy) is 2. The largest absolute Gasteiger partial charge is 0.493 e. The Morgan fingerprint density at radius 3 is 2.27 bits per heavy atom. The molecule has 3 aromatic carbocycles. The molecule has 0 heterocycles. The summed E-state index contributed by atoms with van der Waals surface area (Å²) in [5.74, 6) is -0.544. The topological polar surface area (TPSA) is 161 Å². The number of non-ortho nitro benzene ring substituents is 1. The lowest BCUT2D eigenvalue weighted by molar-refractivity contribution is -0.394. The van der Waals surface area contributed by atoms with Crippen LogP contribution in [-0.4, -0.2) is 36.0 Å². The van der Waals surface area contributed by atoms with Crippen molar-refractivity contribution in [3.05, 3.63) is 89.5 Å². The van der Waals surface area contributed by atoms with Gasteiger partial charge in [-0.05, 0) is 90.5 Å². The van der Waals surface area contributed by atoms with E-state index in [4.69, 9.17) is 9.47 Å². The lowest BCUT2D eigenvalue weighted by atomic mass is 10.1. The summed E-state index contributed by atoms with van der Waals surface area (Å²) in [6, 6.07) is 15.3. The highest BCUT2D eigenvalue weighted by molar-refractivity contribution is 14.1. The zero-order chi connectivity index (χ0) is 29.4. The first-order valence-corrected chi connectivity index (χ1v) is 13.0. The number of nitrogens with zero attached hydrogens (tertiary/aromatic N) is 4. The van der Waals surface area contributed by atoms with Crippen LogP contribution in [0.25, 0.3) is 6.08 Å². The molecule has 13 heteroatoms. The van der Waals surface area contributed by atoms with E-state index in [0.717, 1.165) is 37.0 Å². The number of anilines is 2. The predicted molar refractivity (Wildman–Crippen MR) is 158 cm³/mol. The molecule has 0 spiro atoms. The van der Waals surface area contributed by atoms with Crippen molar-refractivity contribution < 1.29 is 24.1 Å². The van der Waals surface area contributed by atoms with Gasteiger partial charge in [-0.1, -0.05) is 0 Å². The van der Waals surface area contributed by atoms with Gasteiger partial charge in [-0.25, -0.2) is 0 Å². The van der Waals surface area contributed by atoms with E-state index in [9.17, 15) is 30.3 Å². The molecule has 1 N–H and O–H groups in total. The van der Waals surface area contributed by atoms with E-state index in [-0.39, 0.29) is 22.8 Å². The minimum Gasteiger partial charge on any atom is -0.493 e. The lowest BCUT2D eigenvalue weighted by Gasteiger charge is -2.21. The van der Waals surface area contributed by atoms with E-state index in [1.807, 2.05) is 40.8 Å². The zero-order valence-corrected chi connectivity index (χ0v) is 23.9. The summed E-state index contributed by atoms with van der Waals surface area (Å²) < 4.78 is 11.6. The third kappa shape index (κ3) is 7.03. The summed E-state index contributed by atoms with van der Waals surface area (Å²) in [6.45, 7) is 5.80. The molecule has 0 unspecified atom stereocenters. The highest BCUT2D eigenvalue weighted by Gasteiger charge is 2.23. The van der Waals surface area contributed by atoms with Crippen molar-refractivity contribution in [2.24, 2.45) is 0 Å². The highest BCUT2D eigenvalue weighted by Crippen LogP contribution is 2.41. The number of nitrogens with one attached hydrogen (secondary N) is 1. The fraction of sp³-hybridized carbons (Fsp3) is 0.185. The number of halogens is 1. The summed E-state index contributed by atoms with van der Waals surface area (Å²) in [6.07, 6.45) is 1.38. The Labute approximate surface area is 243 Å². The van der Waals surface area contributed by atoms with E-state index in [2.05, 4.69) is 24.1 Å². The van der Waals surface area contributed by atoms with Gasteiger partial charge >= 0.3 is 5.69 Å². The summed E-state index contributed by atoms with van der Waals surface area (Å²) in [4.78, 5) is 36.0. The molecule has 0 atom stereocenters. The van der Waals surface area contributed by atoms with Crippen LogP contribution in [-0.2, 0) is 4.79 Å². The molecule has 0 aromatic heterocycles. The molecule has 0 radical (unpaired) electrons. The van der Waals surface area contributed by atoms with E-state index >= 15 is 0 Å². The number of rotatable bonds is 11. The van der Waals surface area contributed by atoms with Gasteiger partial charge in [0.25, 0.3) is 11.6 Å². The van der Waals surface area contributed by atoms with Crippen molar-refractivity contribution in [3.63, 3.8) is 0 Å². The lowest BCUT2D eigenvalue weighted by Crippen LogP contribution is -2.21. The highest BCUT2D eigenvalue weighted by atomic mass is 127. The Morgan fingerprint density at radius 1 is 1.05 bits per heavy atom. The fourth-order valence-corrected chi connectivity index (χ4v) is 4.47. The Balaban J connectivity index is 1.88. The summed E-state index contributed by atoms with van der Waals surface area (Å²) in [5.41, 5.74) is 0.776. The van der Waals surface area contributed by atoms with Gasteiger partial charge < -0.3 is 19.7 Å². The smallest absolute Gasteiger partial charge is 0.318 e. The number of carbonyl (C=O) groups excluding carboxylic acids is 1. The molecule has 206 valence electrons. The zero-order valence-electron chi connectivity index (χ0n) is 21.7. The number of carbonyl (C=O) groups is 1. The van der Waals surface area contributed by atoms with Gasteiger partial charge in [0.05, 0.1) is 26.6 Å². The number of benzene rings is 3. The first-order valence-electron chi connectivity index (χ1n) is 11.9. The van der Waals surface area contributed by atoms with Crippen LogP contribution in [0, 0.1) is 35.1 Å². The quantitative estimate of drug-likeness (QED) is 0.0820. The van der Waals surface area contributed by atoms with Crippen molar-refractivity contribution in [1.29, 1.82) is 5.26 Å². The Morgan fingerprint density at radius 2 is 1.73 bits per heavy atom. The number of nitro benzene ring substituents is 2. The number of amides is 1. The second kappa shape index (κ2) is 13.4. The van der Waals surface area contributed by atoms with Gasteiger partial charge in [0.2, 0.25) is 5.75 Å². The number of hydrogen-bond acceptors (Lipinski definition) is 9. The van der Waals surface area contributed by atoms with Gasteiger partial charge in [-0.2, -0.15) is 5.26 Å². The summed E-state index contributed by atoms with van der Waals surface area (Å²) in [5, 5.41) is 34.9. The second-order valence-electron chi connectivity index (χ2n) is 8.15. The van der Waals surface area contributed by atoms with Gasteiger partial charge in [0.1, 0.15) is 11.6 Å². The number of hydrogen-bond donors (Lipinski definition) is 1. The van der Waals surface area contributed by atoms with Crippen LogP contribution in [0.3, 0.4) is 0 Å². The maximum atomic E-state index is 12.8. The molecule has 3 aromatic rings. The third-order valence-corrected chi connectivity index (χ3v) is 6.54. The van der Waals surface area contributed by atoms with Crippen LogP contribution < -0.4 is 19.7 Å². The van der Waals surface area contributed by atoms with Gasteiger partial charge in [-0.15, -0.1) is 0 Å². The monoisotopic (exact) mass is 657 g/mol. The molecular formula is C27H24IN5O7. The standard InChI is InChI=1S/C27H24IN5O7/c1-4-31(5-2)20-8-6-19(7-9-20)30-27(34)18(16-29)12-17-13-22(28)26(25(14-17)39-3)40-24-11-10-21(32(35)36)15-23(24)33(37)38/h6-15H,4-5H2,1-3H3,(H,30,34)/b18-12-. The SMILES string of the molecule is CCN(CC)c1ccc(NC(=O)/C(C#N)=C\c2cc(I)c(Oc3ccc([N+](=O)[O-])cc3[N+](=O)[O-])c(OC)c2)cc1. The Hall–Kier alpha value is -4.71. The average molecular weight is 657 g/mol. The molecule has 0 bridgehead atoms. The summed E-state index contributed by atoms with van der Waals surface area (Å²) >= 11 is 1.92. The number of nitriles is 1. The molecule has 12 nitrogen and oxygen atoms in total. The minimum atomic E-state index is -0.784. The Bertz CT molecular complexity index is 1510. The number of nitro groups is 2. The average Bonchev–Trinajstić information content (AvgIpc) is 2.94. The molecule has 0 saturated heterocycles. The third-order valence-electron chi connectivity index (χ3n) is 5.74. The molecule has 0 aliphatic heterocycles. The van der Waals surface area contributed by atoms with Crippen molar-refractivity contribution >= 4 is 57.3 Å². The predicted octanol–water partition coefficient (Wildman–Crippen LogP) is 6.30. The van der Waals surface area contributed by atoms with E-state index < -0.39 is 27.1 Å². The van der Waals surface area contributed by atoms with Gasteiger partial charge in [0, 0.05) is 30.5 Å². The van der Waals surface area contributed by atoms with E-state index in [0.29, 0.717) is 14.8 Å². The van der Waals surface area contributed by atoms with Crippen LogP contribution in [0.2, 0.25) is 0 Å². The van der Waals surface area contributed by atoms with Crippen molar-refractivity contribution in [1.82, 2.24) is 0 Å². The maximum absolute atomic E-state index is 12.8. The van der Waals surface area contributed by atoms with E-state index in [1.54, 1.807) is 18.2 Å². The molecule has 1 amide bonds. The Kier molecular flexibility index (Phi) is 9.98. The van der Waals surface area contributed by atoms with Crippen LogP contribution in [0.4, 0.5) is 22.7 Å². The first-order chi connectivity index (χ1) is 19.1. The molecule has 0 aliphatic rings. The number of methoxy groups -OCH3 is 1. The molecule has 0 fully saturated rings. The van der Waals surface area contributed by atoms with Crippen LogP contribution in [0.5, 0.6) is 17.2 Å². The molecule has 40 heavy (non-hydrogen) atoms. The second-order valence-corrected chi connectivity index (χ2v) is 9.31. The summed E-state index contributed by atoms with van der Waals surface area (Å²) in [7, 11) is 1.36. The normalized spacial score (nSPS) is 10.8. The van der Waals surface area contributed by atoms with Crippen molar-refractivity contribution in [3.8, 4) is 23.3 Å². The maximum Gasteiger partial charge on any atom is 0.318 e. The minimum absolute atomic E-state index is 0.119. The van der Waals surface area contributed by atoms with Crippen LogP contribution >= 0.6 is 22.6 Å². The van der Waals surface area contributed by atoms with Crippen molar-refractivity contribution in [2.45, 2.75) is 13.8 Å². The van der Waals surface area contributed by atoms with Crippen LogP contribution in [0.1, 0.15) is 19.4 Å². The van der Waals surface area contributed by atoms with Gasteiger partial charge in [-0.3, -0.25) is 25.0 Å². The van der Waals surface area contributed by atoms with Crippen molar-refractivity contribution in [2.75, 3.05) is 30.4 Å². The molecular weight excluding hydrogens is 633 g/mol. The fourth-order valence-electron chi connectivity index (χ4n) is 3.74. The molecule has 0 saturated carbocycles.